The molecule has 9 heteroatoms. The summed E-state index contributed by atoms with van der Waals surface area (Å²) in [4.78, 5) is 18.1. The van der Waals surface area contributed by atoms with Crippen LogP contribution in [0, 0.1) is 17.0 Å². The Morgan fingerprint density at radius 2 is 2.32 bits per heavy atom. The quantitative estimate of drug-likeness (QED) is 0.582. The van der Waals surface area contributed by atoms with Crippen molar-refractivity contribution in [3.63, 3.8) is 0 Å². The number of nitrogens with zero attached hydrogens (tertiary/aromatic N) is 3. The number of nitrogens with one attached hydrogen (secondary N) is 1. The molecule has 1 atom stereocenters. The summed E-state index contributed by atoms with van der Waals surface area (Å²) in [7, 11) is 0. The van der Waals surface area contributed by atoms with Gasteiger partial charge in [0.1, 0.15) is 5.69 Å². The first-order valence-corrected chi connectivity index (χ1v) is 5.79. The maximum Gasteiger partial charge on any atom is 0.332 e. The van der Waals surface area contributed by atoms with Crippen LogP contribution in [-0.4, -0.2) is 47.4 Å². The Hall–Kier alpha value is -2.00. The molecule has 0 aliphatic carbocycles. The first-order valence-electron chi connectivity index (χ1n) is 5.79. The number of hydrogen-bond donors (Lipinski definition) is 2. The molecule has 0 bridgehead atoms. The fraction of sp³-hybridized carbons (Fsp3) is 0.600. The van der Waals surface area contributed by atoms with E-state index in [2.05, 4.69) is 15.3 Å². The molecule has 0 amide bonds. The van der Waals surface area contributed by atoms with Crippen molar-refractivity contribution in [1.29, 1.82) is 0 Å². The van der Waals surface area contributed by atoms with Crippen LogP contribution in [0.15, 0.2) is 0 Å². The van der Waals surface area contributed by atoms with Crippen molar-refractivity contribution < 1.29 is 14.4 Å². The van der Waals surface area contributed by atoms with Crippen LogP contribution >= 0.6 is 0 Å². The largest absolute Gasteiger partial charge is 0.376 e. The van der Waals surface area contributed by atoms with Gasteiger partial charge in [-0.1, -0.05) is 0 Å². The zero-order valence-electron chi connectivity index (χ0n) is 10.5. The predicted molar refractivity (Wildman–Crippen MR) is 66.9 cm³/mol. The third-order valence-electron chi connectivity index (χ3n) is 2.64. The third-order valence-corrected chi connectivity index (χ3v) is 2.64. The lowest BCUT2D eigenvalue weighted by molar-refractivity contribution is -0.385. The number of nitrogen functional groups attached to an aromatic ring is 1. The maximum absolute atomic E-state index is 11.0. The predicted octanol–water partition coefficient (Wildman–Crippen LogP) is 0.103. The van der Waals surface area contributed by atoms with Crippen LogP contribution in [0.25, 0.3) is 0 Å². The molecule has 1 saturated heterocycles. The molecular weight excluding hydrogens is 254 g/mol. The van der Waals surface area contributed by atoms with Gasteiger partial charge < -0.3 is 20.5 Å². The SMILES string of the molecule is Cc1nc(N)nc(NCC2COCCO2)c1[N+](=O)[O-]. The Labute approximate surface area is 109 Å². The average molecular weight is 269 g/mol. The molecule has 0 spiro atoms. The van der Waals surface area contributed by atoms with Gasteiger partial charge in [-0.25, -0.2) is 4.98 Å². The van der Waals surface area contributed by atoms with Gasteiger partial charge in [0.25, 0.3) is 0 Å². The molecule has 1 fully saturated rings. The molecule has 19 heavy (non-hydrogen) atoms. The van der Waals surface area contributed by atoms with Gasteiger partial charge in [0.2, 0.25) is 11.8 Å². The number of aryl methyl sites for hydroxylation is 1. The summed E-state index contributed by atoms with van der Waals surface area (Å²) in [6.07, 6.45) is -0.162. The van der Waals surface area contributed by atoms with Gasteiger partial charge in [-0.15, -0.1) is 0 Å². The molecule has 3 N–H and O–H groups in total. The lowest BCUT2D eigenvalue weighted by Gasteiger charge is -2.23. The van der Waals surface area contributed by atoms with Gasteiger partial charge >= 0.3 is 5.69 Å². The van der Waals surface area contributed by atoms with E-state index in [0.29, 0.717) is 26.4 Å². The van der Waals surface area contributed by atoms with Crippen LogP contribution in [0.5, 0.6) is 0 Å². The molecule has 1 unspecified atom stereocenters. The Bertz CT molecular complexity index is 475. The van der Waals surface area contributed by atoms with Crippen molar-refractivity contribution in [3.8, 4) is 0 Å². The molecule has 1 aliphatic heterocycles. The minimum absolute atomic E-state index is 0.00795. The van der Waals surface area contributed by atoms with Crippen LogP contribution < -0.4 is 11.1 Å². The van der Waals surface area contributed by atoms with Gasteiger partial charge in [0.15, 0.2) is 0 Å². The summed E-state index contributed by atoms with van der Waals surface area (Å²) in [6, 6.07) is 0. The number of nitrogens with two attached hydrogens (primary N) is 1. The molecule has 0 saturated carbocycles. The second-order valence-electron chi connectivity index (χ2n) is 4.07. The molecule has 2 heterocycles. The highest BCUT2D eigenvalue weighted by Gasteiger charge is 2.23. The summed E-state index contributed by atoms with van der Waals surface area (Å²) >= 11 is 0. The smallest absolute Gasteiger partial charge is 0.332 e. The first kappa shape index (κ1) is 13.4. The van der Waals surface area contributed by atoms with E-state index < -0.39 is 4.92 Å². The van der Waals surface area contributed by atoms with E-state index in [4.69, 9.17) is 15.2 Å². The van der Waals surface area contributed by atoms with Crippen molar-refractivity contribution in [2.45, 2.75) is 13.0 Å². The Morgan fingerprint density at radius 3 is 2.95 bits per heavy atom. The van der Waals surface area contributed by atoms with Crippen LogP contribution in [0.4, 0.5) is 17.5 Å². The summed E-state index contributed by atoms with van der Waals surface area (Å²) in [6.45, 7) is 3.40. The van der Waals surface area contributed by atoms with Crippen LogP contribution in [-0.2, 0) is 9.47 Å². The monoisotopic (exact) mass is 269 g/mol. The maximum atomic E-state index is 11.0. The number of nitro groups is 1. The second-order valence-corrected chi connectivity index (χ2v) is 4.07. The van der Waals surface area contributed by atoms with Gasteiger partial charge in [-0.2, -0.15) is 4.98 Å². The molecule has 0 aromatic carbocycles. The average Bonchev–Trinajstić information content (AvgIpc) is 2.36. The standard InChI is InChI=1S/C10H15N5O4/c1-6-8(15(16)17)9(14-10(11)13-6)12-4-7-5-18-2-3-19-7/h7H,2-5H2,1H3,(H3,11,12,13,14). The van der Waals surface area contributed by atoms with Crippen molar-refractivity contribution in [2.75, 3.05) is 37.4 Å². The zero-order valence-corrected chi connectivity index (χ0v) is 10.5. The second kappa shape index (κ2) is 5.76. The van der Waals surface area contributed by atoms with E-state index in [0.717, 1.165) is 0 Å². The van der Waals surface area contributed by atoms with Crippen molar-refractivity contribution >= 4 is 17.5 Å². The fourth-order valence-corrected chi connectivity index (χ4v) is 1.80. The molecule has 2 rings (SSSR count). The van der Waals surface area contributed by atoms with Crippen LogP contribution in [0.3, 0.4) is 0 Å². The number of hydrogen-bond acceptors (Lipinski definition) is 8. The first-order chi connectivity index (χ1) is 9.08. The minimum Gasteiger partial charge on any atom is -0.376 e. The molecule has 9 nitrogen and oxygen atoms in total. The highest BCUT2D eigenvalue weighted by atomic mass is 16.6. The third kappa shape index (κ3) is 3.26. The Kier molecular flexibility index (Phi) is 4.07. The van der Waals surface area contributed by atoms with E-state index in [-0.39, 0.29) is 29.3 Å². The molecule has 1 aliphatic rings. The lowest BCUT2D eigenvalue weighted by atomic mass is 10.3. The van der Waals surface area contributed by atoms with Gasteiger partial charge in [-0.05, 0) is 6.92 Å². The Morgan fingerprint density at radius 1 is 1.53 bits per heavy atom. The molecular formula is C10H15N5O4. The molecule has 0 radical (unpaired) electrons. The van der Waals surface area contributed by atoms with E-state index in [1.54, 1.807) is 0 Å². The summed E-state index contributed by atoms with van der Waals surface area (Å²) in [5.41, 5.74) is 5.54. The topological polar surface area (TPSA) is 125 Å². The van der Waals surface area contributed by atoms with Crippen molar-refractivity contribution in [3.05, 3.63) is 15.8 Å². The van der Waals surface area contributed by atoms with E-state index in [1.807, 2.05) is 0 Å². The van der Waals surface area contributed by atoms with Gasteiger partial charge in [0, 0.05) is 6.54 Å². The molecule has 1 aromatic heterocycles. The summed E-state index contributed by atoms with van der Waals surface area (Å²) in [5, 5.41) is 13.9. The van der Waals surface area contributed by atoms with Gasteiger partial charge in [0.05, 0.1) is 30.8 Å². The number of anilines is 2. The number of aromatic nitrogens is 2. The van der Waals surface area contributed by atoms with E-state index in [9.17, 15) is 10.1 Å². The molecule has 1 aromatic rings. The van der Waals surface area contributed by atoms with E-state index in [1.165, 1.54) is 6.92 Å². The number of ether oxygens (including phenoxy) is 2. The van der Waals surface area contributed by atoms with Crippen molar-refractivity contribution in [2.24, 2.45) is 0 Å². The normalized spacial score (nSPS) is 19.1. The number of rotatable bonds is 4. The summed E-state index contributed by atoms with van der Waals surface area (Å²) in [5.74, 6) is 0.0931. The molecule has 104 valence electrons. The Balaban J connectivity index is 2.12. The van der Waals surface area contributed by atoms with E-state index >= 15 is 0 Å². The van der Waals surface area contributed by atoms with Crippen LogP contribution in [0.1, 0.15) is 5.69 Å². The lowest BCUT2D eigenvalue weighted by Crippen LogP contribution is -2.34. The highest BCUT2D eigenvalue weighted by molar-refractivity contribution is 5.60. The highest BCUT2D eigenvalue weighted by Crippen LogP contribution is 2.25. The summed E-state index contributed by atoms with van der Waals surface area (Å²) < 4.78 is 10.7. The fourth-order valence-electron chi connectivity index (χ4n) is 1.80. The van der Waals surface area contributed by atoms with Gasteiger partial charge in [-0.3, -0.25) is 10.1 Å². The van der Waals surface area contributed by atoms with Crippen LogP contribution in [0.2, 0.25) is 0 Å². The zero-order chi connectivity index (χ0) is 13.8. The minimum atomic E-state index is -0.532. The van der Waals surface area contributed by atoms with Crippen molar-refractivity contribution in [1.82, 2.24) is 9.97 Å².